The molecule has 1 saturated heterocycles. The molecule has 1 fully saturated rings. The van der Waals surface area contributed by atoms with Gasteiger partial charge in [0.05, 0.1) is 11.2 Å². The van der Waals surface area contributed by atoms with Gasteiger partial charge < -0.3 is 9.31 Å². The molecule has 0 radical (unpaired) electrons. The number of alkyl halides is 3. The van der Waals surface area contributed by atoms with Crippen molar-refractivity contribution in [3.8, 4) is 0 Å². The first kappa shape index (κ1) is 15.3. The van der Waals surface area contributed by atoms with E-state index < -0.39 is 30.2 Å². The van der Waals surface area contributed by atoms with Crippen LogP contribution in [-0.2, 0) is 15.5 Å². The molecule has 2 heterocycles. The Morgan fingerprint density at radius 2 is 1.60 bits per heavy atom. The number of nitrogens with zero attached hydrogens (tertiary/aromatic N) is 1. The third kappa shape index (κ3) is 2.56. The van der Waals surface area contributed by atoms with Crippen molar-refractivity contribution >= 4 is 12.6 Å². The number of pyridine rings is 1. The fraction of sp³-hybridized carbons (Fsp3) is 0.615. The van der Waals surface area contributed by atoms with Crippen molar-refractivity contribution in [1.29, 1.82) is 0 Å². The van der Waals surface area contributed by atoms with E-state index in [0.29, 0.717) is 11.0 Å². The van der Waals surface area contributed by atoms with Crippen LogP contribution in [0.5, 0.6) is 0 Å². The van der Waals surface area contributed by atoms with Crippen molar-refractivity contribution < 1.29 is 22.5 Å². The fourth-order valence-electron chi connectivity index (χ4n) is 1.92. The summed E-state index contributed by atoms with van der Waals surface area (Å²) in [6.45, 7) is 9.11. The molecule has 7 heteroatoms. The van der Waals surface area contributed by atoms with Crippen molar-refractivity contribution in [1.82, 2.24) is 4.98 Å². The largest absolute Gasteiger partial charge is 0.495 e. The molecular weight excluding hydrogens is 270 g/mol. The van der Waals surface area contributed by atoms with Crippen LogP contribution in [0, 0.1) is 6.92 Å². The van der Waals surface area contributed by atoms with Crippen LogP contribution in [0.2, 0.25) is 0 Å². The van der Waals surface area contributed by atoms with Gasteiger partial charge in [-0.05, 0) is 51.7 Å². The van der Waals surface area contributed by atoms with Gasteiger partial charge in [-0.25, -0.2) is 0 Å². The molecule has 0 aliphatic carbocycles. The van der Waals surface area contributed by atoms with Crippen LogP contribution in [0.1, 0.15) is 39.0 Å². The maximum Gasteiger partial charge on any atom is 0.495 e. The van der Waals surface area contributed by atoms with E-state index in [1.165, 1.54) is 6.20 Å². The summed E-state index contributed by atoms with van der Waals surface area (Å²) < 4.78 is 49.8. The smallest absolute Gasteiger partial charge is 0.399 e. The molecule has 2 rings (SSSR count). The van der Waals surface area contributed by atoms with Crippen LogP contribution in [0.3, 0.4) is 0 Å². The molecule has 0 unspecified atom stereocenters. The van der Waals surface area contributed by atoms with Gasteiger partial charge in [-0.3, -0.25) is 4.98 Å². The van der Waals surface area contributed by atoms with Gasteiger partial charge in [-0.2, -0.15) is 13.2 Å². The Morgan fingerprint density at radius 1 is 1.10 bits per heavy atom. The van der Waals surface area contributed by atoms with E-state index in [0.717, 1.165) is 6.07 Å². The maximum atomic E-state index is 12.7. The highest BCUT2D eigenvalue weighted by molar-refractivity contribution is 6.62. The summed E-state index contributed by atoms with van der Waals surface area (Å²) in [5.74, 6) is 0. The van der Waals surface area contributed by atoms with Crippen LogP contribution in [0.25, 0.3) is 0 Å². The average Bonchev–Trinajstić information content (AvgIpc) is 2.46. The van der Waals surface area contributed by atoms with Gasteiger partial charge in [0.25, 0.3) is 0 Å². The SMILES string of the molecule is Cc1cnc(C(F)(F)F)cc1B1OC(C)(C)C(C)(C)O1. The Kier molecular flexibility index (Phi) is 3.42. The van der Waals surface area contributed by atoms with E-state index in [2.05, 4.69) is 4.98 Å². The minimum Gasteiger partial charge on any atom is -0.399 e. The lowest BCUT2D eigenvalue weighted by atomic mass is 9.76. The summed E-state index contributed by atoms with van der Waals surface area (Å²) in [6, 6.07) is 0.998. The van der Waals surface area contributed by atoms with E-state index in [9.17, 15) is 13.2 Å². The molecule has 110 valence electrons. The zero-order chi connectivity index (χ0) is 15.3. The lowest BCUT2D eigenvalue weighted by Gasteiger charge is -2.32. The fourth-order valence-corrected chi connectivity index (χ4v) is 1.92. The topological polar surface area (TPSA) is 31.4 Å². The Balaban J connectivity index is 2.40. The average molecular weight is 287 g/mol. The van der Waals surface area contributed by atoms with Crippen molar-refractivity contribution in [3.63, 3.8) is 0 Å². The Labute approximate surface area is 116 Å². The second-order valence-electron chi connectivity index (χ2n) is 6.01. The summed E-state index contributed by atoms with van der Waals surface area (Å²) in [5.41, 5.74) is -1.15. The monoisotopic (exact) mass is 287 g/mol. The first-order valence-electron chi connectivity index (χ1n) is 6.33. The highest BCUT2D eigenvalue weighted by atomic mass is 19.4. The van der Waals surface area contributed by atoms with Crippen molar-refractivity contribution in [2.24, 2.45) is 0 Å². The summed E-state index contributed by atoms with van der Waals surface area (Å²) >= 11 is 0. The molecule has 20 heavy (non-hydrogen) atoms. The Hall–Kier alpha value is -1.08. The predicted molar refractivity (Wildman–Crippen MR) is 69.7 cm³/mol. The number of rotatable bonds is 1. The number of hydrogen-bond donors (Lipinski definition) is 0. The summed E-state index contributed by atoms with van der Waals surface area (Å²) in [5, 5.41) is 0. The molecule has 1 aliphatic heterocycles. The van der Waals surface area contributed by atoms with E-state index >= 15 is 0 Å². The molecule has 1 aromatic heterocycles. The highest BCUT2D eigenvalue weighted by Gasteiger charge is 2.52. The highest BCUT2D eigenvalue weighted by Crippen LogP contribution is 2.37. The molecular formula is C13H17BF3NO2. The van der Waals surface area contributed by atoms with Gasteiger partial charge in [-0.15, -0.1) is 0 Å². The van der Waals surface area contributed by atoms with Gasteiger partial charge in [-0.1, -0.05) is 0 Å². The van der Waals surface area contributed by atoms with E-state index in [-0.39, 0.29) is 0 Å². The van der Waals surface area contributed by atoms with E-state index in [1.807, 2.05) is 27.7 Å². The van der Waals surface area contributed by atoms with Crippen LogP contribution in [-0.4, -0.2) is 23.3 Å². The van der Waals surface area contributed by atoms with Gasteiger partial charge in [0.2, 0.25) is 0 Å². The zero-order valence-electron chi connectivity index (χ0n) is 12.1. The molecule has 0 bridgehead atoms. The molecule has 0 spiro atoms. The Morgan fingerprint density at radius 3 is 2.05 bits per heavy atom. The minimum atomic E-state index is -4.48. The number of halogens is 3. The second-order valence-corrected chi connectivity index (χ2v) is 6.01. The van der Waals surface area contributed by atoms with Crippen LogP contribution in [0.4, 0.5) is 13.2 Å². The summed E-state index contributed by atoms with van der Waals surface area (Å²) in [6.07, 6.45) is -3.28. The third-order valence-electron chi connectivity index (χ3n) is 3.94. The molecule has 0 aromatic carbocycles. The van der Waals surface area contributed by atoms with Gasteiger partial charge in [0.15, 0.2) is 0 Å². The number of hydrogen-bond acceptors (Lipinski definition) is 3. The first-order chi connectivity index (χ1) is 8.94. The zero-order valence-corrected chi connectivity index (χ0v) is 12.1. The van der Waals surface area contributed by atoms with Crippen LogP contribution in [0.15, 0.2) is 12.3 Å². The van der Waals surface area contributed by atoms with Gasteiger partial charge in [0.1, 0.15) is 5.69 Å². The van der Waals surface area contributed by atoms with Gasteiger partial charge >= 0.3 is 13.3 Å². The van der Waals surface area contributed by atoms with Crippen LogP contribution < -0.4 is 5.46 Å². The van der Waals surface area contributed by atoms with Crippen molar-refractivity contribution in [3.05, 3.63) is 23.5 Å². The lowest BCUT2D eigenvalue weighted by molar-refractivity contribution is -0.141. The second kappa shape index (κ2) is 4.46. The molecule has 0 saturated carbocycles. The first-order valence-corrected chi connectivity index (χ1v) is 6.33. The molecule has 0 atom stereocenters. The normalized spacial score (nSPS) is 21.3. The summed E-state index contributed by atoms with van der Waals surface area (Å²) in [4.78, 5) is 3.42. The molecule has 3 nitrogen and oxygen atoms in total. The Bertz CT molecular complexity index is 513. The number of aryl methyl sites for hydroxylation is 1. The molecule has 1 aliphatic rings. The quantitative estimate of drug-likeness (QED) is 0.744. The molecule has 0 N–H and O–H groups in total. The van der Waals surface area contributed by atoms with Crippen LogP contribution >= 0.6 is 0 Å². The number of aromatic nitrogens is 1. The van der Waals surface area contributed by atoms with E-state index in [1.54, 1.807) is 6.92 Å². The summed E-state index contributed by atoms with van der Waals surface area (Å²) in [7, 11) is -0.816. The predicted octanol–water partition coefficient (Wildman–Crippen LogP) is 2.71. The lowest BCUT2D eigenvalue weighted by Crippen LogP contribution is -2.41. The maximum absolute atomic E-state index is 12.7. The standard InChI is InChI=1S/C13H17BF3NO2/c1-8-7-18-10(13(15,16)17)6-9(8)14-19-11(2,3)12(4,5)20-14/h6-7H,1-5H3. The third-order valence-corrected chi connectivity index (χ3v) is 3.94. The van der Waals surface area contributed by atoms with Crippen molar-refractivity contribution in [2.45, 2.75) is 52.0 Å². The molecule has 0 amide bonds. The van der Waals surface area contributed by atoms with Crippen molar-refractivity contribution in [2.75, 3.05) is 0 Å². The van der Waals surface area contributed by atoms with E-state index in [4.69, 9.17) is 9.31 Å². The minimum absolute atomic E-state index is 0.367. The van der Waals surface area contributed by atoms with Gasteiger partial charge in [0, 0.05) is 6.20 Å². The molecule has 1 aromatic rings.